The van der Waals surface area contributed by atoms with E-state index in [2.05, 4.69) is 31.0 Å². The van der Waals surface area contributed by atoms with Crippen LogP contribution in [0.1, 0.15) is 40.0 Å². The van der Waals surface area contributed by atoms with Crippen LogP contribution in [0, 0.1) is 5.41 Å². The average Bonchev–Trinajstić information content (AvgIpc) is 2.54. The minimum absolute atomic E-state index is 0.253. The Morgan fingerprint density at radius 3 is 2.37 bits per heavy atom. The normalized spacial score (nSPS) is 31.0. The van der Waals surface area contributed by atoms with Crippen molar-refractivity contribution >= 4 is 9.84 Å². The van der Waals surface area contributed by atoms with E-state index < -0.39 is 9.84 Å². The lowest BCUT2D eigenvalue weighted by Gasteiger charge is -2.38. The molecule has 0 aromatic carbocycles. The van der Waals surface area contributed by atoms with Crippen molar-refractivity contribution in [2.75, 3.05) is 31.1 Å². The van der Waals surface area contributed by atoms with Crippen molar-refractivity contribution < 1.29 is 8.42 Å². The molecule has 2 rings (SSSR count). The second-order valence-electron chi connectivity index (χ2n) is 7.10. The van der Waals surface area contributed by atoms with E-state index in [1.165, 1.54) is 0 Å². The maximum atomic E-state index is 11.5. The van der Waals surface area contributed by atoms with Crippen LogP contribution < -0.4 is 5.32 Å². The molecule has 0 aromatic rings. The number of sulfone groups is 1. The molecule has 4 nitrogen and oxygen atoms in total. The lowest BCUT2D eigenvalue weighted by Crippen LogP contribution is -2.50. The summed E-state index contributed by atoms with van der Waals surface area (Å²) in [7, 11) is -2.75. The molecule has 0 aliphatic carbocycles. The molecule has 112 valence electrons. The van der Waals surface area contributed by atoms with Crippen molar-refractivity contribution in [3.8, 4) is 0 Å². The largest absolute Gasteiger partial charge is 0.312 e. The summed E-state index contributed by atoms with van der Waals surface area (Å²) in [6.07, 6.45) is 2.80. The summed E-state index contributed by atoms with van der Waals surface area (Å²) in [5.41, 5.74) is 0.253. The Balaban J connectivity index is 1.99. The monoisotopic (exact) mass is 288 g/mol. The first-order valence-electron chi connectivity index (χ1n) is 7.46. The molecule has 1 unspecified atom stereocenters. The van der Waals surface area contributed by atoms with Gasteiger partial charge in [0.15, 0.2) is 0 Å². The van der Waals surface area contributed by atoms with Crippen molar-refractivity contribution in [2.24, 2.45) is 5.41 Å². The molecule has 1 atom stereocenters. The predicted octanol–water partition coefficient (Wildman–Crippen LogP) is 1.27. The highest BCUT2D eigenvalue weighted by molar-refractivity contribution is 7.91. The summed E-state index contributed by atoms with van der Waals surface area (Å²) in [6, 6.07) is 0.960. The third kappa shape index (κ3) is 4.17. The van der Waals surface area contributed by atoms with Crippen molar-refractivity contribution in [2.45, 2.75) is 52.1 Å². The predicted molar refractivity (Wildman–Crippen MR) is 79.1 cm³/mol. The van der Waals surface area contributed by atoms with E-state index in [-0.39, 0.29) is 5.41 Å². The molecule has 0 amide bonds. The average molecular weight is 288 g/mol. The van der Waals surface area contributed by atoms with Gasteiger partial charge in [0.2, 0.25) is 0 Å². The number of hydrogen-bond donors (Lipinski definition) is 1. The summed E-state index contributed by atoms with van der Waals surface area (Å²) >= 11 is 0. The Kier molecular flexibility index (Phi) is 4.58. The van der Waals surface area contributed by atoms with Gasteiger partial charge in [0.05, 0.1) is 11.5 Å². The minimum atomic E-state index is -2.75. The van der Waals surface area contributed by atoms with E-state index in [0.29, 0.717) is 23.6 Å². The highest BCUT2D eigenvalue weighted by Crippen LogP contribution is 2.25. The van der Waals surface area contributed by atoms with Gasteiger partial charge < -0.3 is 5.32 Å². The fourth-order valence-electron chi connectivity index (χ4n) is 3.10. The van der Waals surface area contributed by atoms with Gasteiger partial charge in [-0.3, -0.25) is 4.90 Å². The van der Waals surface area contributed by atoms with Gasteiger partial charge in [-0.05, 0) is 37.8 Å². The van der Waals surface area contributed by atoms with E-state index in [1.807, 2.05) is 0 Å². The third-order valence-electron chi connectivity index (χ3n) is 4.52. The van der Waals surface area contributed by atoms with Crippen molar-refractivity contribution in [3.63, 3.8) is 0 Å². The maximum absolute atomic E-state index is 11.5. The number of nitrogens with zero attached hydrogens (tertiary/aromatic N) is 1. The topological polar surface area (TPSA) is 49.4 Å². The van der Waals surface area contributed by atoms with Crippen LogP contribution in [0.15, 0.2) is 0 Å². The number of nitrogens with one attached hydrogen (secondary N) is 1. The maximum Gasteiger partial charge on any atom is 0.150 e. The fraction of sp³-hybridized carbons (Fsp3) is 1.00. The molecule has 0 saturated carbocycles. The molecule has 2 fully saturated rings. The zero-order valence-corrected chi connectivity index (χ0v) is 13.3. The van der Waals surface area contributed by atoms with Gasteiger partial charge in [-0.1, -0.05) is 20.8 Å². The number of hydrogen-bond acceptors (Lipinski definition) is 4. The van der Waals surface area contributed by atoms with E-state index in [4.69, 9.17) is 0 Å². The molecule has 0 bridgehead atoms. The van der Waals surface area contributed by atoms with Crippen LogP contribution in [0.3, 0.4) is 0 Å². The molecule has 2 heterocycles. The second-order valence-corrected chi connectivity index (χ2v) is 9.41. The minimum Gasteiger partial charge on any atom is -0.312 e. The van der Waals surface area contributed by atoms with Crippen LogP contribution in [-0.2, 0) is 9.84 Å². The molecule has 1 N–H and O–H groups in total. The zero-order valence-electron chi connectivity index (χ0n) is 12.5. The van der Waals surface area contributed by atoms with Crippen LogP contribution in [0.2, 0.25) is 0 Å². The highest BCUT2D eigenvalue weighted by atomic mass is 32.2. The van der Waals surface area contributed by atoms with Crippen LogP contribution >= 0.6 is 0 Å². The first-order valence-corrected chi connectivity index (χ1v) is 9.28. The molecule has 0 spiro atoms. The Hall–Kier alpha value is -0.130. The van der Waals surface area contributed by atoms with Gasteiger partial charge in [0.25, 0.3) is 0 Å². The molecule has 2 aliphatic heterocycles. The molecule has 0 aromatic heterocycles. The molecular weight excluding hydrogens is 260 g/mol. The van der Waals surface area contributed by atoms with E-state index in [1.54, 1.807) is 0 Å². The van der Waals surface area contributed by atoms with Gasteiger partial charge in [-0.2, -0.15) is 0 Å². The van der Waals surface area contributed by atoms with Gasteiger partial charge >= 0.3 is 0 Å². The highest BCUT2D eigenvalue weighted by Gasteiger charge is 2.33. The first-order chi connectivity index (χ1) is 8.78. The lowest BCUT2D eigenvalue weighted by molar-refractivity contribution is 0.145. The van der Waals surface area contributed by atoms with E-state index >= 15 is 0 Å². The molecule has 0 radical (unpaired) electrons. The Morgan fingerprint density at radius 2 is 1.79 bits per heavy atom. The molecular formula is C14H28N2O2S. The van der Waals surface area contributed by atoms with Crippen molar-refractivity contribution in [1.29, 1.82) is 0 Å². The number of rotatable bonds is 1. The van der Waals surface area contributed by atoms with Crippen LogP contribution in [0.25, 0.3) is 0 Å². The SMILES string of the molecule is CC(C)(C)C1CN(C2CCS(=O)(=O)CC2)CCCN1. The van der Waals surface area contributed by atoms with Crippen molar-refractivity contribution in [1.82, 2.24) is 10.2 Å². The Labute approximate surface area is 117 Å². The molecule has 2 saturated heterocycles. The quantitative estimate of drug-likeness (QED) is 0.789. The van der Waals surface area contributed by atoms with Gasteiger partial charge in [-0.15, -0.1) is 0 Å². The molecule has 5 heteroatoms. The first kappa shape index (κ1) is 15.3. The smallest absolute Gasteiger partial charge is 0.150 e. The van der Waals surface area contributed by atoms with Crippen LogP contribution in [0.4, 0.5) is 0 Å². The summed E-state index contributed by atoms with van der Waals surface area (Å²) in [5.74, 6) is 0.754. The van der Waals surface area contributed by atoms with E-state index in [9.17, 15) is 8.42 Å². The fourth-order valence-corrected chi connectivity index (χ4v) is 4.57. The third-order valence-corrected chi connectivity index (χ3v) is 6.23. The lowest BCUT2D eigenvalue weighted by atomic mass is 9.86. The standard InChI is InChI=1S/C14H28N2O2S/c1-14(2,3)13-11-16(8-4-7-15-13)12-5-9-19(17,18)10-6-12/h12-13,15H,4-11H2,1-3H3. The van der Waals surface area contributed by atoms with Gasteiger partial charge in [0, 0.05) is 18.6 Å². The summed E-state index contributed by atoms with van der Waals surface area (Å²) in [6.45, 7) is 10.1. The summed E-state index contributed by atoms with van der Waals surface area (Å²) < 4.78 is 23.1. The molecule has 19 heavy (non-hydrogen) atoms. The van der Waals surface area contributed by atoms with Crippen molar-refractivity contribution in [3.05, 3.63) is 0 Å². The van der Waals surface area contributed by atoms with E-state index in [0.717, 1.165) is 38.9 Å². The van der Waals surface area contributed by atoms with Gasteiger partial charge in [-0.25, -0.2) is 8.42 Å². The summed E-state index contributed by atoms with van der Waals surface area (Å²) in [5, 5.41) is 3.65. The Morgan fingerprint density at radius 1 is 1.16 bits per heavy atom. The molecule has 2 aliphatic rings. The zero-order chi connectivity index (χ0) is 14.1. The summed E-state index contributed by atoms with van der Waals surface area (Å²) in [4.78, 5) is 2.53. The van der Waals surface area contributed by atoms with Crippen LogP contribution in [0.5, 0.6) is 0 Å². The Bertz CT molecular complexity index is 386. The van der Waals surface area contributed by atoms with Crippen LogP contribution in [-0.4, -0.2) is 56.5 Å². The van der Waals surface area contributed by atoms with Gasteiger partial charge in [0.1, 0.15) is 9.84 Å². The second kappa shape index (κ2) is 5.70.